The van der Waals surface area contributed by atoms with Crippen LogP contribution in [0.1, 0.15) is 22.3 Å². The van der Waals surface area contributed by atoms with Crippen molar-refractivity contribution in [3.8, 4) is 11.5 Å². The van der Waals surface area contributed by atoms with Gasteiger partial charge >= 0.3 is 5.97 Å². The third-order valence-electron chi connectivity index (χ3n) is 4.99. The first-order valence-electron chi connectivity index (χ1n) is 9.89. The van der Waals surface area contributed by atoms with Gasteiger partial charge in [0.05, 0.1) is 41.9 Å². The zero-order valence-electron chi connectivity index (χ0n) is 16.7. The molecule has 4 rings (SSSR count). The number of anilines is 1. The Balaban J connectivity index is 1.48. The van der Waals surface area contributed by atoms with Crippen LogP contribution in [-0.4, -0.2) is 50.4 Å². The Labute approximate surface area is 183 Å². The molecule has 1 fully saturated rings. The van der Waals surface area contributed by atoms with Gasteiger partial charge in [0.15, 0.2) is 11.5 Å². The average Bonchev–Trinajstić information content (AvgIpc) is 3.03. The Morgan fingerprint density at radius 3 is 2.68 bits per heavy atom. The summed E-state index contributed by atoms with van der Waals surface area (Å²) < 4.78 is 21.9. The standard InChI is InChI=1S/C21H21ClN2O7/c22-16-10-14(11-19-20(16)30-7-1-6-29-19)13-31-21(25)15-2-3-17(18(12-15)24(26)27)23-4-8-28-9-5-23/h2-3,10-12H,1,4-9,13H2. The molecule has 0 atom stereocenters. The van der Waals surface area contributed by atoms with E-state index in [1.807, 2.05) is 4.90 Å². The monoisotopic (exact) mass is 448 g/mol. The van der Waals surface area contributed by atoms with Gasteiger partial charge in [0.25, 0.3) is 5.69 Å². The first-order chi connectivity index (χ1) is 15.0. The summed E-state index contributed by atoms with van der Waals surface area (Å²) in [7, 11) is 0. The molecule has 2 aliphatic heterocycles. The van der Waals surface area contributed by atoms with Gasteiger partial charge in [-0.05, 0) is 29.8 Å². The highest BCUT2D eigenvalue weighted by Crippen LogP contribution is 2.38. The maximum Gasteiger partial charge on any atom is 0.338 e. The molecule has 10 heteroatoms. The number of fused-ring (bicyclic) bond motifs is 1. The molecule has 0 unspecified atom stereocenters. The Hall–Kier alpha value is -3.04. The van der Waals surface area contributed by atoms with Crippen LogP contribution in [0.4, 0.5) is 11.4 Å². The first kappa shape index (κ1) is 21.2. The normalized spacial score (nSPS) is 15.8. The molecule has 0 saturated carbocycles. The summed E-state index contributed by atoms with van der Waals surface area (Å²) in [6.45, 7) is 3.06. The predicted octanol–water partition coefficient (Wildman–Crippen LogP) is 3.60. The van der Waals surface area contributed by atoms with E-state index < -0.39 is 10.9 Å². The quantitative estimate of drug-likeness (QED) is 0.388. The van der Waals surface area contributed by atoms with Crippen molar-refractivity contribution >= 4 is 28.9 Å². The number of morpholine rings is 1. The summed E-state index contributed by atoms with van der Waals surface area (Å²) in [5, 5.41) is 11.9. The second-order valence-corrected chi connectivity index (χ2v) is 7.50. The summed E-state index contributed by atoms with van der Waals surface area (Å²) in [5.41, 5.74) is 1.04. The molecule has 31 heavy (non-hydrogen) atoms. The number of hydrogen-bond donors (Lipinski definition) is 0. The zero-order valence-corrected chi connectivity index (χ0v) is 17.4. The Morgan fingerprint density at radius 1 is 1.13 bits per heavy atom. The minimum atomic E-state index is -0.667. The highest BCUT2D eigenvalue weighted by Gasteiger charge is 2.24. The number of halogens is 1. The third-order valence-corrected chi connectivity index (χ3v) is 5.27. The number of nitro benzene ring substituents is 1. The van der Waals surface area contributed by atoms with E-state index in [2.05, 4.69) is 0 Å². The second-order valence-electron chi connectivity index (χ2n) is 7.09. The average molecular weight is 449 g/mol. The van der Waals surface area contributed by atoms with Crippen molar-refractivity contribution in [1.82, 2.24) is 0 Å². The van der Waals surface area contributed by atoms with Crippen LogP contribution >= 0.6 is 11.6 Å². The highest BCUT2D eigenvalue weighted by molar-refractivity contribution is 6.32. The molecule has 0 aromatic heterocycles. The van der Waals surface area contributed by atoms with Crippen LogP contribution in [0.3, 0.4) is 0 Å². The van der Waals surface area contributed by atoms with Gasteiger partial charge in [-0.25, -0.2) is 4.79 Å². The smallest absolute Gasteiger partial charge is 0.338 e. The fourth-order valence-corrected chi connectivity index (χ4v) is 3.76. The van der Waals surface area contributed by atoms with Crippen LogP contribution in [0.25, 0.3) is 0 Å². The Kier molecular flexibility index (Phi) is 6.43. The van der Waals surface area contributed by atoms with Crippen LogP contribution < -0.4 is 14.4 Å². The van der Waals surface area contributed by atoms with E-state index in [4.69, 9.17) is 30.5 Å². The zero-order chi connectivity index (χ0) is 21.8. The van der Waals surface area contributed by atoms with Gasteiger partial charge in [-0.2, -0.15) is 0 Å². The van der Waals surface area contributed by atoms with Crippen LogP contribution in [0, 0.1) is 10.1 Å². The summed E-state index contributed by atoms with van der Waals surface area (Å²) in [5.74, 6) is 0.310. The first-order valence-corrected chi connectivity index (χ1v) is 10.3. The van der Waals surface area contributed by atoms with E-state index in [1.165, 1.54) is 12.1 Å². The molecule has 9 nitrogen and oxygen atoms in total. The number of carbonyl (C=O) groups excluding carboxylic acids is 1. The lowest BCUT2D eigenvalue weighted by Gasteiger charge is -2.28. The van der Waals surface area contributed by atoms with E-state index >= 15 is 0 Å². The lowest BCUT2D eigenvalue weighted by Crippen LogP contribution is -2.36. The maximum absolute atomic E-state index is 12.5. The molecule has 2 aromatic carbocycles. The summed E-state index contributed by atoms with van der Waals surface area (Å²) in [4.78, 5) is 25.5. The van der Waals surface area contributed by atoms with Gasteiger partial charge in [-0.15, -0.1) is 0 Å². The number of benzene rings is 2. The van der Waals surface area contributed by atoms with E-state index in [9.17, 15) is 14.9 Å². The van der Waals surface area contributed by atoms with Crippen molar-refractivity contribution in [2.45, 2.75) is 13.0 Å². The molecule has 0 radical (unpaired) electrons. The number of nitro groups is 1. The summed E-state index contributed by atoms with van der Waals surface area (Å²) in [6.07, 6.45) is 0.745. The SMILES string of the molecule is O=C(OCc1cc(Cl)c2c(c1)OCCCO2)c1ccc(N2CCOCC2)c([N+](=O)[O-])c1. The number of esters is 1. The van der Waals surface area contributed by atoms with Crippen molar-refractivity contribution in [3.05, 3.63) is 56.6 Å². The lowest BCUT2D eigenvalue weighted by molar-refractivity contribution is -0.384. The Bertz CT molecular complexity index is 992. The minimum absolute atomic E-state index is 0.0613. The topological polar surface area (TPSA) is 100 Å². The van der Waals surface area contributed by atoms with E-state index in [0.29, 0.717) is 67.3 Å². The lowest BCUT2D eigenvalue weighted by atomic mass is 10.1. The molecule has 2 aliphatic rings. The molecular weight excluding hydrogens is 428 g/mol. The fraction of sp³-hybridized carbons (Fsp3) is 0.381. The third kappa shape index (κ3) is 4.83. The molecule has 2 aromatic rings. The summed E-state index contributed by atoms with van der Waals surface area (Å²) >= 11 is 6.27. The largest absolute Gasteiger partial charge is 0.489 e. The van der Waals surface area contributed by atoms with Crippen LogP contribution in [-0.2, 0) is 16.1 Å². The molecule has 0 bridgehead atoms. The van der Waals surface area contributed by atoms with Crippen LogP contribution in [0.15, 0.2) is 30.3 Å². The highest BCUT2D eigenvalue weighted by atomic mass is 35.5. The molecule has 1 saturated heterocycles. The molecule has 164 valence electrons. The van der Waals surface area contributed by atoms with Gasteiger partial charge < -0.3 is 23.8 Å². The van der Waals surface area contributed by atoms with Crippen LogP contribution in [0.2, 0.25) is 5.02 Å². The molecule has 0 aliphatic carbocycles. The van der Waals surface area contributed by atoms with Crippen molar-refractivity contribution in [1.29, 1.82) is 0 Å². The number of nitrogens with zero attached hydrogens (tertiary/aromatic N) is 2. The van der Waals surface area contributed by atoms with Gasteiger partial charge in [0, 0.05) is 25.6 Å². The molecule has 0 N–H and O–H groups in total. The number of carbonyl (C=O) groups is 1. The van der Waals surface area contributed by atoms with E-state index in [1.54, 1.807) is 18.2 Å². The van der Waals surface area contributed by atoms with E-state index in [0.717, 1.165) is 6.42 Å². The van der Waals surface area contributed by atoms with Gasteiger partial charge in [-0.3, -0.25) is 10.1 Å². The van der Waals surface area contributed by atoms with Gasteiger partial charge in [0.2, 0.25) is 0 Å². The minimum Gasteiger partial charge on any atom is -0.489 e. The second kappa shape index (κ2) is 9.40. The van der Waals surface area contributed by atoms with Crippen molar-refractivity contribution in [2.24, 2.45) is 0 Å². The summed E-state index contributed by atoms with van der Waals surface area (Å²) in [6, 6.07) is 7.70. The number of hydrogen-bond acceptors (Lipinski definition) is 8. The molecule has 2 heterocycles. The van der Waals surface area contributed by atoms with Crippen LogP contribution in [0.5, 0.6) is 11.5 Å². The van der Waals surface area contributed by atoms with Gasteiger partial charge in [0.1, 0.15) is 12.3 Å². The van der Waals surface area contributed by atoms with Crippen molar-refractivity contribution < 1.29 is 28.7 Å². The van der Waals surface area contributed by atoms with Gasteiger partial charge in [-0.1, -0.05) is 11.6 Å². The van der Waals surface area contributed by atoms with Crippen molar-refractivity contribution in [2.75, 3.05) is 44.4 Å². The number of rotatable bonds is 5. The Morgan fingerprint density at radius 2 is 1.90 bits per heavy atom. The maximum atomic E-state index is 12.5. The molecule has 0 spiro atoms. The molecule has 0 amide bonds. The molecular formula is C21H21ClN2O7. The fourth-order valence-electron chi connectivity index (χ4n) is 3.47. The van der Waals surface area contributed by atoms with E-state index in [-0.39, 0.29) is 17.9 Å². The number of ether oxygens (including phenoxy) is 4. The predicted molar refractivity (Wildman–Crippen MR) is 112 cm³/mol. The van der Waals surface area contributed by atoms with Crippen molar-refractivity contribution in [3.63, 3.8) is 0 Å².